The molecule has 0 aliphatic rings. The molecule has 1 amide bonds. The van der Waals surface area contributed by atoms with Crippen LogP contribution in [-0.2, 0) is 14.3 Å². The summed E-state index contributed by atoms with van der Waals surface area (Å²) in [6, 6.07) is 5.23. The van der Waals surface area contributed by atoms with E-state index < -0.39 is 12.0 Å². The minimum atomic E-state index is -0.655. The fourth-order valence-electron chi connectivity index (χ4n) is 2.58. The Balaban J connectivity index is 2.05. The van der Waals surface area contributed by atoms with Crippen LogP contribution in [0.1, 0.15) is 31.4 Å². The zero-order valence-corrected chi connectivity index (χ0v) is 17.0. The Morgan fingerprint density at radius 1 is 1.30 bits per heavy atom. The molecule has 0 spiro atoms. The summed E-state index contributed by atoms with van der Waals surface area (Å²) in [6.45, 7) is 7.98. The summed E-state index contributed by atoms with van der Waals surface area (Å²) in [5.74, 6) is -0.371. The quantitative estimate of drug-likeness (QED) is 0.543. The maximum absolute atomic E-state index is 12.3. The summed E-state index contributed by atoms with van der Waals surface area (Å²) >= 11 is 1.21. The second-order valence-corrected chi connectivity index (χ2v) is 7.60. The van der Waals surface area contributed by atoms with Gasteiger partial charge in [-0.1, -0.05) is 37.7 Å². The summed E-state index contributed by atoms with van der Waals surface area (Å²) in [5, 5.41) is 15.0. The van der Waals surface area contributed by atoms with Crippen LogP contribution >= 0.6 is 11.8 Å². The molecule has 0 bridgehead atoms. The molecule has 0 radical (unpaired) electrons. The van der Waals surface area contributed by atoms with Crippen LogP contribution in [0.2, 0.25) is 0 Å². The van der Waals surface area contributed by atoms with E-state index in [9.17, 15) is 9.59 Å². The standard InChI is InChI=1S/C18H25N5O3S/c1-11(2)9-14(17(25)26-5)19-16(24)10-27-18-20-21-22-23(18)15-8-6-7-12(3)13(15)4/h6-8,11,14H,9-10H2,1-5H3,(H,19,24)/t14-/m1/s1. The van der Waals surface area contributed by atoms with Gasteiger partial charge in [-0.15, -0.1) is 5.10 Å². The average molecular weight is 391 g/mol. The fraction of sp³-hybridized carbons (Fsp3) is 0.500. The van der Waals surface area contributed by atoms with Gasteiger partial charge in [-0.3, -0.25) is 4.79 Å². The number of nitrogens with one attached hydrogen (secondary N) is 1. The van der Waals surface area contributed by atoms with Crippen molar-refractivity contribution in [3.8, 4) is 5.69 Å². The summed E-state index contributed by atoms with van der Waals surface area (Å²) in [4.78, 5) is 24.1. The Bertz CT molecular complexity index is 806. The molecular weight excluding hydrogens is 366 g/mol. The summed E-state index contributed by atoms with van der Waals surface area (Å²) in [7, 11) is 1.31. The van der Waals surface area contributed by atoms with Crippen LogP contribution in [0.25, 0.3) is 5.69 Å². The van der Waals surface area contributed by atoms with E-state index in [1.165, 1.54) is 18.9 Å². The first-order chi connectivity index (χ1) is 12.8. The zero-order chi connectivity index (χ0) is 20.0. The molecule has 0 aliphatic heterocycles. The zero-order valence-electron chi connectivity index (χ0n) is 16.2. The lowest BCUT2D eigenvalue weighted by Crippen LogP contribution is -2.43. The number of hydrogen-bond donors (Lipinski definition) is 1. The molecule has 1 N–H and O–H groups in total. The van der Waals surface area contributed by atoms with Crippen LogP contribution in [0.5, 0.6) is 0 Å². The van der Waals surface area contributed by atoms with E-state index in [0.717, 1.165) is 16.8 Å². The van der Waals surface area contributed by atoms with Crippen molar-refractivity contribution in [2.45, 2.75) is 45.3 Å². The Hall–Kier alpha value is -2.42. The Morgan fingerprint density at radius 3 is 2.70 bits per heavy atom. The van der Waals surface area contributed by atoms with Crippen molar-refractivity contribution in [3.63, 3.8) is 0 Å². The van der Waals surface area contributed by atoms with Gasteiger partial charge in [0.05, 0.1) is 18.6 Å². The van der Waals surface area contributed by atoms with Crippen molar-refractivity contribution < 1.29 is 14.3 Å². The summed E-state index contributed by atoms with van der Waals surface area (Å²) < 4.78 is 6.39. The third-order valence-electron chi connectivity index (χ3n) is 4.11. The van der Waals surface area contributed by atoms with Crippen molar-refractivity contribution in [3.05, 3.63) is 29.3 Å². The number of aromatic nitrogens is 4. The molecule has 0 fully saturated rings. The highest BCUT2D eigenvalue weighted by molar-refractivity contribution is 7.99. The number of carbonyl (C=O) groups is 2. The minimum Gasteiger partial charge on any atom is -0.467 e. The molecule has 0 saturated heterocycles. The van der Waals surface area contributed by atoms with Gasteiger partial charge >= 0.3 is 5.97 Å². The predicted octanol–water partition coefficient (Wildman–Crippen LogP) is 2.08. The van der Waals surface area contributed by atoms with Gasteiger partial charge in [-0.2, -0.15) is 4.68 Å². The molecule has 146 valence electrons. The molecule has 2 aromatic rings. The number of aryl methyl sites for hydroxylation is 1. The summed E-state index contributed by atoms with van der Waals surface area (Å²) in [5.41, 5.74) is 3.07. The lowest BCUT2D eigenvalue weighted by Gasteiger charge is -2.18. The molecule has 0 saturated carbocycles. The van der Waals surface area contributed by atoms with Crippen LogP contribution in [0.15, 0.2) is 23.4 Å². The normalized spacial score (nSPS) is 12.1. The maximum Gasteiger partial charge on any atom is 0.328 e. The predicted molar refractivity (Wildman–Crippen MR) is 103 cm³/mol. The first-order valence-electron chi connectivity index (χ1n) is 8.68. The second kappa shape index (κ2) is 9.50. The van der Waals surface area contributed by atoms with Gasteiger partial charge < -0.3 is 10.1 Å². The number of amides is 1. The van der Waals surface area contributed by atoms with E-state index in [2.05, 4.69) is 20.8 Å². The molecule has 1 aromatic carbocycles. The molecule has 1 atom stereocenters. The maximum atomic E-state index is 12.3. The molecule has 27 heavy (non-hydrogen) atoms. The van der Waals surface area contributed by atoms with Crippen molar-refractivity contribution >= 4 is 23.6 Å². The topological polar surface area (TPSA) is 99.0 Å². The van der Waals surface area contributed by atoms with Crippen molar-refractivity contribution in [2.75, 3.05) is 12.9 Å². The highest BCUT2D eigenvalue weighted by atomic mass is 32.2. The number of carbonyl (C=O) groups excluding carboxylic acids is 2. The van der Waals surface area contributed by atoms with E-state index in [0.29, 0.717) is 11.6 Å². The highest BCUT2D eigenvalue weighted by Crippen LogP contribution is 2.22. The van der Waals surface area contributed by atoms with Gasteiger partial charge in [0.25, 0.3) is 0 Å². The smallest absolute Gasteiger partial charge is 0.328 e. The Kier molecular flexibility index (Phi) is 7.35. The van der Waals surface area contributed by atoms with Gasteiger partial charge in [0, 0.05) is 0 Å². The van der Waals surface area contributed by atoms with E-state index in [-0.39, 0.29) is 17.6 Å². The number of tetrazole rings is 1. The number of hydrogen-bond acceptors (Lipinski definition) is 7. The van der Waals surface area contributed by atoms with Crippen LogP contribution in [0.3, 0.4) is 0 Å². The largest absolute Gasteiger partial charge is 0.467 e. The molecular formula is C18H25N5O3S. The summed E-state index contributed by atoms with van der Waals surface area (Å²) in [6.07, 6.45) is 0.517. The number of esters is 1. The number of ether oxygens (including phenoxy) is 1. The van der Waals surface area contributed by atoms with Crippen molar-refractivity contribution in [1.82, 2.24) is 25.5 Å². The second-order valence-electron chi connectivity index (χ2n) is 6.65. The molecule has 0 aliphatic carbocycles. The van der Waals surface area contributed by atoms with Gasteiger partial charge in [-0.25, -0.2) is 4.79 Å². The fourth-order valence-corrected chi connectivity index (χ4v) is 3.27. The van der Waals surface area contributed by atoms with Gasteiger partial charge in [0.15, 0.2) is 0 Å². The molecule has 2 rings (SSSR count). The van der Waals surface area contributed by atoms with E-state index in [4.69, 9.17) is 4.74 Å². The van der Waals surface area contributed by atoms with Crippen LogP contribution in [0, 0.1) is 19.8 Å². The number of thioether (sulfide) groups is 1. The van der Waals surface area contributed by atoms with Crippen molar-refractivity contribution in [1.29, 1.82) is 0 Å². The molecule has 1 heterocycles. The third-order valence-corrected chi connectivity index (χ3v) is 5.02. The van der Waals surface area contributed by atoms with Gasteiger partial charge in [-0.05, 0) is 53.8 Å². The highest BCUT2D eigenvalue weighted by Gasteiger charge is 2.23. The molecule has 0 unspecified atom stereocenters. The van der Waals surface area contributed by atoms with Gasteiger partial charge in [0.2, 0.25) is 11.1 Å². The van der Waals surface area contributed by atoms with E-state index in [1.807, 2.05) is 45.9 Å². The van der Waals surface area contributed by atoms with Crippen LogP contribution in [0.4, 0.5) is 0 Å². The van der Waals surface area contributed by atoms with Gasteiger partial charge in [0.1, 0.15) is 6.04 Å². The SMILES string of the molecule is COC(=O)[C@@H](CC(C)C)NC(=O)CSc1nnnn1-c1cccc(C)c1C. The Labute approximate surface area is 163 Å². The van der Waals surface area contributed by atoms with Crippen LogP contribution in [-0.4, -0.2) is 51.0 Å². The monoisotopic (exact) mass is 391 g/mol. The molecule has 9 heteroatoms. The lowest BCUT2D eigenvalue weighted by atomic mass is 10.0. The lowest BCUT2D eigenvalue weighted by molar-refractivity contribution is -0.145. The average Bonchev–Trinajstić information content (AvgIpc) is 3.09. The third kappa shape index (κ3) is 5.53. The minimum absolute atomic E-state index is 0.0941. The number of rotatable bonds is 8. The van der Waals surface area contributed by atoms with Crippen LogP contribution < -0.4 is 5.32 Å². The molecule has 1 aromatic heterocycles. The first-order valence-corrected chi connectivity index (χ1v) is 9.67. The van der Waals surface area contributed by atoms with E-state index in [1.54, 1.807) is 4.68 Å². The molecule has 8 nitrogen and oxygen atoms in total. The number of methoxy groups -OCH3 is 1. The Morgan fingerprint density at radius 2 is 2.04 bits per heavy atom. The first kappa shape index (κ1) is 20.9. The number of benzene rings is 1. The van der Waals surface area contributed by atoms with E-state index >= 15 is 0 Å². The van der Waals surface area contributed by atoms with Crippen molar-refractivity contribution in [2.24, 2.45) is 5.92 Å². The number of nitrogens with zero attached hydrogens (tertiary/aromatic N) is 4.